The molecule has 0 radical (unpaired) electrons. The van der Waals surface area contributed by atoms with Crippen LogP contribution in [0.3, 0.4) is 0 Å². The SMILES string of the molecule is COc1ccc2c(c1)CCNC2(Cc1ccccc1O)c1ccccc1F. The minimum atomic E-state index is -0.760. The minimum Gasteiger partial charge on any atom is -0.508 e. The van der Waals surface area contributed by atoms with Gasteiger partial charge in [-0.1, -0.05) is 42.5 Å². The second-order valence-electron chi connectivity index (χ2n) is 6.89. The maximum atomic E-state index is 14.9. The molecule has 4 heteroatoms. The number of hydrogen-bond acceptors (Lipinski definition) is 3. The molecule has 0 aliphatic carbocycles. The number of rotatable bonds is 4. The molecule has 0 saturated heterocycles. The van der Waals surface area contributed by atoms with Crippen LogP contribution in [0.1, 0.15) is 22.3 Å². The van der Waals surface area contributed by atoms with Crippen molar-refractivity contribution in [2.24, 2.45) is 0 Å². The monoisotopic (exact) mass is 363 g/mol. The molecule has 2 N–H and O–H groups in total. The van der Waals surface area contributed by atoms with Gasteiger partial charge in [-0.25, -0.2) is 4.39 Å². The number of phenols is 1. The van der Waals surface area contributed by atoms with Crippen LogP contribution >= 0.6 is 0 Å². The van der Waals surface area contributed by atoms with E-state index in [1.54, 1.807) is 25.3 Å². The number of halogens is 1. The Labute approximate surface area is 158 Å². The third kappa shape index (κ3) is 3.06. The predicted octanol–water partition coefficient (Wildman–Crippen LogP) is 4.17. The third-order valence-electron chi connectivity index (χ3n) is 5.37. The summed E-state index contributed by atoms with van der Waals surface area (Å²) in [6, 6.07) is 20.0. The van der Waals surface area contributed by atoms with Crippen molar-refractivity contribution < 1.29 is 14.2 Å². The van der Waals surface area contributed by atoms with E-state index in [0.29, 0.717) is 18.5 Å². The molecule has 3 nitrogen and oxygen atoms in total. The molecule has 0 bridgehead atoms. The van der Waals surface area contributed by atoms with Crippen molar-refractivity contribution in [2.45, 2.75) is 18.4 Å². The fraction of sp³-hybridized carbons (Fsp3) is 0.217. The van der Waals surface area contributed by atoms with Gasteiger partial charge in [-0.3, -0.25) is 0 Å². The van der Waals surface area contributed by atoms with Crippen molar-refractivity contribution in [3.63, 3.8) is 0 Å². The Bertz CT molecular complexity index is 972. The fourth-order valence-corrected chi connectivity index (χ4v) is 4.07. The smallest absolute Gasteiger partial charge is 0.128 e. The summed E-state index contributed by atoms with van der Waals surface area (Å²) in [5.41, 5.74) is 2.75. The van der Waals surface area contributed by atoms with Crippen LogP contribution in [0.2, 0.25) is 0 Å². The van der Waals surface area contributed by atoms with Crippen LogP contribution in [-0.4, -0.2) is 18.8 Å². The Kier molecular flexibility index (Phi) is 4.58. The molecule has 27 heavy (non-hydrogen) atoms. The largest absolute Gasteiger partial charge is 0.508 e. The van der Waals surface area contributed by atoms with E-state index >= 15 is 0 Å². The summed E-state index contributed by atoms with van der Waals surface area (Å²) in [6.45, 7) is 0.710. The second-order valence-corrected chi connectivity index (χ2v) is 6.89. The van der Waals surface area contributed by atoms with Crippen LogP contribution < -0.4 is 10.1 Å². The summed E-state index contributed by atoms with van der Waals surface area (Å²) in [5, 5.41) is 13.9. The van der Waals surface area contributed by atoms with Gasteiger partial charge in [-0.05, 0) is 47.4 Å². The molecule has 3 aromatic rings. The quantitative estimate of drug-likeness (QED) is 0.731. The van der Waals surface area contributed by atoms with Gasteiger partial charge in [0.25, 0.3) is 0 Å². The van der Waals surface area contributed by atoms with Crippen molar-refractivity contribution in [1.82, 2.24) is 5.32 Å². The summed E-state index contributed by atoms with van der Waals surface area (Å²) >= 11 is 0. The van der Waals surface area contributed by atoms with Gasteiger partial charge in [0.15, 0.2) is 0 Å². The van der Waals surface area contributed by atoms with E-state index in [4.69, 9.17) is 4.74 Å². The van der Waals surface area contributed by atoms with Crippen molar-refractivity contribution in [1.29, 1.82) is 0 Å². The lowest BCUT2D eigenvalue weighted by Crippen LogP contribution is -2.50. The molecular formula is C23H22FNO2. The van der Waals surface area contributed by atoms with E-state index in [2.05, 4.69) is 5.32 Å². The van der Waals surface area contributed by atoms with Gasteiger partial charge in [0.1, 0.15) is 17.3 Å². The number of aromatic hydroxyl groups is 1. The maximum Gasteiger partial charge on any atom is 0.128 e. The van der Waals surface area contributed by atoms with E-state index in [1.807, 2.05) is 42.5 Å². The first kappa shape index (κ1) is 17.6. The first-order valence-electron chi connectivity index (χ1n) is 9.08. The van der Waals surface area contributed by atoms with E-state index in [-0.39, 0.29) is 11.6 Å². The highest BCUT2D eigenvalue weighted by molar-refractivity contribution is 5.50. The molecule has 3 aromatic carbocycles. The van der Waals surface area contributed by atoms with Gasteiger partial charge >= 0.3 is 0 Å². The first-order valence-corrected chi connectivity index (χ1v) is 9.08. The van der Waals surface area contributed by atoms with Crippen LogP contribution in [0.4, 0.5) is 4.39 Å². The topological polar surface area (TPSA) is 41.5 Å². The van der Waals surface area contributed by atoms with Gasteiger partial charge in [-0.2, -0.15) is 0 Å². The number of para-hydroxylation sites is 1. The minimum absolute atomic E-state index is 0.218. The molecule has 1 atom stereocenters. The summed E-state index contributed by atoms with van der Waals surface area (Å²) in [4.78, 5) is 0. The summed E-state index contributed by atoms with van der Waals surface area (Å²) in [6.07, 6.45) is 1.28. The van der Waals surface area contributed by atoms with Gasteiger partial charge in [-0.15, -0.1) is 0 Å². The van der Waals surface area contributed by atoms with Crippen LogP contribution in [0.25, 0.3) is 0 Å². The summed E-state index contributed by atoms with van der Waals surface area (Å²) in [7, 11) is 1.65. The molecule has 4 rings (SSSR count). The lowest BCUT2D eigenvalue weighted by atomic mass is 9.73. The number of phenolic OH excluding ortho intramolecular Hbond substituents is 1. The number of fused-ring (bicyclic) bond motifs is 1. The van der Waals surface area contributed by atoms with Gasteiger partial charge < -0.3 is 15.2 Å². The number of hydrogen-bond donors (Lipinski definition) is 2. The highest BCUT2D eigenvalue weighted by Crippen LogP contribution is 2.41. The average molecular weight is 363 g/mol. The molecule has 0 spiro atoms. The van der Waals surface area contributed by atoms with Crippen LogP contribution in [0, 0.1) is 5.82 Å². The maximum absolute atomic E-state index is 14.9. The van der Waals surface area contributed by atoms with Crippen LogP contribution in [-0.2, 0) is 18.4 Å². The molecule has 1 heterocycles. The standard InChI is InChI=1S/C23H22FNO2/c1-27-18-10-11-19-16(14-18)12-13-25-23(19,20-7-3-4-8-21(20)24)15-17-6-2-5-9-22(17)26/h2-11,14,25-26H,12-13,15H2,1H3. The van der Waals surface area contributed by atoms with E-state index in [1.165, 1.54) is 6.07 Å². The molecule has 138 valence electrons. The highest BCUT2D eigenvalue weighted by atomic mass is 19.1. The Morgan fingerprint density at radius 3 is 2.59 bits per heavy atom. The normalized spacial score (nSPS) is 18.7. The fourth-order valence-electron chi connectivity index (χ4n) is 4.07. The zero-order valence-electron chi connectivity index (χ0n) is 15.2. The van der Waals surface area contributed by atoms with Crippen molar-refractivity contribution in [3.8, 4) is 11.5 Å². The Hall–Kier alpha value is -2.85. The van der Waals surface area contributed by atoms with E-state index < -0.39 is 5.54 Å². The third-order valence-corrected chi connectivity index (χ3v) is 5.37. The molecule has 0 aromatic heterocycles. The average Bonchev–Trinajstić information content (AvgIpc) is 2.70. The Morgan fingerprint density at radius 2 is 1.81 bits per heavy atom. The van der Waals surface area contributed by atoms with Gasteiger partial charge in [0.05, 0.1) is 12.6 Å². The van der Waals surface area contributed by atoms with Crippen molar-refractivity contribution in [3.05, 3.63) is 94.8 Å². The summed E-state index contributed by atoms with van der Waals surface area (Å²) in [5.74, 6) is 0.750. The van der Waals surface area contributed by atoms with Crippen LogP contribution in [0.15, 0.2) is 66.7 Å². The summed E-state index contributed by atoms with van der Waals surface area (Å²) < 4.78 is 20.3. The number of benzene rings is 3. The molecular weight excluding hydrogens is 341 g/mol. The second kappa shape index (κ2) is 7.05. The lowest BCUT2D eigenvalue weighted by Gasteiger charge is -2.41. The molecule has 1 unspecified atom stereocenters. The highest BCUT2D eigenvalue weighted by Gasteiger charge is 2.40. The zero-order valence-corrected chi connectivity index (χ0v) is 15.2. The Balaban J connectivity index is 1.94. The first-order chi connectivity index (χ1) is 13.1. The lowest BCUT2D eigenvalue weighted by molar-refractivity contribution is 0.353. The predicted molar refractivity (Wildman–Crippen MR) is 104 cm³/mol. The molecule has 0 saturated carbocycles. The Morgan fingerprint density at radius 1 is 1.04 bits per heavy atom. The molecule has 0 amide bonds. The molecule has 1 aliphatic rings. The number of ether oxygens (including phenoxy) is 1. The van der Waals surface area contributed by atoms with Crippen LogP contribution in [0.5, 0.6) is 11.5 Å². The zero-order chi connectivity index (χ0) is 18.9. The molecule has 1 aliphatic heterocycles. The van der Waals surface area contributed by atoms with Crippen molar-refractivity contribution in [2.75, 3.05) is 13.7 Å². The number of nitrogens with one attached hydrogen (secondary N) is 1. The van der Waals surface area contributed by atoms with E-state index in [0.717, 1.165) is 28.9 Å². The van der Waals surface area contributed by atoms with Gasteiger partial charge in [0.2, 0.25) is 0 Å². The number of methoxy groups -OCH3 is 1. The van der Waals surface area contributed by atoms with Crippen molar-refractivity contribution >= 4 is 0 Å². The van der Waals surface area contributed by atoms with E-state index in [9.17, 15) is 9.50 Å². The van der Waals surface area contributed by atoms with Gasteiger partial charge in [0, 0.05) is 18.5 Å². The molecule has 0 fully saturated rings.